The molecule has 20 heavy (non-hydrogen) atoms. The van der Waals surface area contributed by atoms with E-state index in [4.69, 9.17) is 16.3 Å². The number of amides is 1. The molecule has 1 unspecified atom stereocenters. The minimum atomic E-state index is -0.697. The van der Waals surface area contributed by atoms with Gasteiger partial charge in [-0.1, -0.05) is 29.8 Å². The fraction of sp³-hybridized carbons (Fsp3) is 0.333. The highest BCUT2D eigenvalue weighted by atomic mass is 35.5. The van der Waals surface area contributed by atoms with Gasteiger partial charge in [-0.3, -0.25) is 4.79 Å². The Hall–Kier alpha value is -1.81. The van der Waals surface area contributed by atoms with Crippen molar-refractivity contribution in [1.29, 1.82) is 0 Å². The third-order valence-electron chi connectivity index (χ3n) is 2.65. The number of rotatable bonds is 7. The number of benzene rings is 1. The largest absolute Gasteiger partial charge is 0.464 e. The number of allylic oxidation sites excluding steroid dienone is 1. The monoisotopic (exact) mass is 295 g/mol. The number of esters is 1. The van der Waals surface area contributed by atoms with Crippen molar-refractivity contribution in [1.82, 2.24) is 5.32 Å². The van der Waals surface area contributed by atoms with E-state index in [9.17, 15) is 9.59 Å². The molecule has 1 aromatic carbocycles. The molecule has 0 radical (unpaired) electrons. The van der Waals surface area contributed by atoms with Crippen molar-refractivity contribution in [3.8, 4) is 0 Å². The Bertz CT molecular complexity index is 488. The van der Waals surface area contributed by atoms with Gasteiger partial charge < -0.3 is 10.1 Å². The summed E-state index contributed by atoms with van der Waals surface area (Å²) < 4.78 is 4.95. The van der Waals surface area contributed by atoms with Crippen molar-refractivity contribution in [3.05, 3.63) is 47.5 Å². The lowest BCUT2D eigenvalue weighted by atomic mass is 10.1. The summed E-state index contributed by atoms with van der Waals surface area (Å²) in [4.78, 5) is 23.9. The molecular weight excluding hydrogens is 278 g/mol. The molecular formula is C15H18ClNO3. The Morgan fingerprint density at radius 1 is 1.45 bits per heavy atom. The Balaban J connectivity index is 2.78. The fourth-order valence-electron chi connectivity index (χ4n) is 1.66. The molecule has 0 aliphatic heterocycles. The van der Waals surface area contributed by atoms with E-state index in [2.05, 4.69) is 11.9 Å². The van der Waals surface area contributed by atoms with Crippen LogP contribution in [-0.4, -0.2) is 24.5 Å². The number of carbonyl (C=O) groups excluding carboxylic acids is 2. The molecule has 0 aliphatic carbocycles. The highest BCUT2D eigenvalue weighted by Crippen LogP contribution is 2.15. The summed E-state index contributed by atoms with van der Waals surface area (Å²) in [5.41, 5.74) is 0.335. The van der Waals surface area contributed by atoms with E-state index in [0.29, 0.717) is 23.4 Å². The van der Waals surface area contributed by atoms with Gasteiger partial charge in [0.05, 0.1) is 17.2 Å². The summed E-state index contributed by atoms with van der Waals surface area (Å²) in [6, 6.07) is 5.98. The third kappa shape index (κ3) is 4.70. The van der Waals surface area contributed by atoms with Gasteiger partial charge in [0.1, 0.15) is 6.04 Å². The Morgan fingerprint density at radius 3 is 2.75 bits per heavy atom. The molecule has 1 amide bonds. The molecule has 1 rings (SSSR count). The molecule has 1 N–H and O–H groups in total. The van der Waals surface area contributed by atoms with Gasteiger partial charge in [-0.2, -0.15) is 0 Å². The zero-order chi connectivity index (χ0) is 15.0. The smallest absolute Gasteiger partial charge is 0.328 e. The predicted octanol–water partition coefficient (Wildman–Crippen LogP) is 2.97. The fourth-order valence-corrected chi connectivity index (χ4v) is 1.88. The van der Waals surface area contributed by atoms with Crippen LogP contribution in [0.25, 0.3) is 0 Å². The molecule has 1 aromatic rings. The number of carbonyl (C=O) groups is 2. The molecule has 0 bridgehead atoms. The number of hydrogen-bond donors (Lipinski definition) is 1. The molecule has 0 fully saturated rings. The van der Waals surface area contributed by atoms with E-state index in [1.54, 1.807) is 37.3 Å². The van der Waals surface area contributed by atoms with Crippen molar-refractivity contribution in [2.24, 2.45) is 0 Å². The molecule has 0 heterocycles. The maximum atomic E-state index is 12.1. The lowest BCUT2D eigenvalue weighted by Crippen LogP contribution is -2.41. The second-order valence-corrected chi connectivity index (χ2v) is 4.53. The van der Waals surface area contributed by atoms with Crippen molar-refractivity contribution in [3.63, 3.8) is 0 Å². The summed E-state index contributed by atoms with van der Waals surface area (Å²) >= 11 is 5.95. The summed E-state index contributed by atoms with van der Waals surface area (Å²) in [6.45, 7) is 5.59. The van der Waals surface area contributed by atoms with E-state index in [0.717, 1.165) is 0 Å². The van der Waals surface area contributed by atoms with Gasteiger partial charge in [0.25, 0.3) is 5.91 Å². The van der Waals surface area contributed by atoms with Gasteiger partial charge in [0, 0.05) is 0 Å². The second-order valence-electron chi connectivity index (χ2n) is 4.12. The quantitative estimate of drug-likeness (QED) is 0.621. The maximum absolute atomic E-state index is 12.1. The van der Waals surface area contributed by atoms with Crippen molar-refractivity contribution < 1.29 is 14.3 Å². The Kier molecular flexibility index (Phi) is 6.81. The summed E-state index contributed by atoms with van der Waals surface area (Å²) in [6.07, 6.45) is 2.73. The molecule has 4 nitrogen and oxygen atoms in total. The first-order valence-corrected chi connectivity index (χ1v) is 6.80. The zero-order valence-electron chi connectivity index (χ0n) is 11.4. The van der Waals surface area contributed by atoms with Gasteiger partial charge >= 0.3 is 5.97 Å². The van der Waals surface area contributed by atoms with Crippen LogP contribution in [-0.2, 0) is 9.53 Å². The third-order valence-corrected chi connectivity index (χ3v) is 2.98. The average Bonchev–Trinajstić information content (AvgIpc) is 2.43. The van der Waals surface area contributed by atoms with Crippen molar-refractivity contribution in [2.75, 3.05) is 6.61 Å². The second kappa shape index (κ2) is 8.38. The molecule has 1 atom stereocenters. The normalized spacial score (nSPS) is 11.5. The minimum Gasteiger partial charge on any atom is -0.464 e. The van der Waals surface area contributed by atoms with Crippen LogP contribution in [0.15, 0.2) is 36.9 Å². The zero-order valence-corrected chi connectivity index (χ0v) is 12.2. The van der Waals surface area contributed by atoms with E-state index in [-0.39, 0.29) is 6.61 Å². The van der Waals surface area contributed by atoms with Crippen molar-refractivity contribution in [2.45, 2.75) is 25.8 Å². The van der Waals surface area contributed by atoms with Crippen LogP contribution >= 0.6 is 11.6 Å². The van der Waals surface area contributed by atoms with Gasteiger partial charge in [-0.25, -0.2) is 4.79 Å². The summed E-state index contributed by atoms with van der Waals surface area (Å²) in [7, 11) is 0. The van der Waals surface area contributed by atoms with Crippen LogP contribution in [0.4, 0.5) is 0 Å². The maximum Gasteiger partial charge on any atom is 0.328 e. The van der Waals surface area contributed by atoms with Crippen LogP contribution in [0, 0.1) is 0 Å². The van der Waals surface area contributed by atoms with Gasteiger partial charge in [0.2, 0.25) is 0 Å². The van der Waals surface area contributed by atoms with Crippen LogP contribution in [0.3, 0.4) is 0 Å². The standard InChI is InChI=1S/C15H18ClNO3/c1-3-5-10-13(15(19)20-4-2)17-14(18)11-8-6-7-9-12(11)16/h3,6-9,13H,1,4-5,10H2,2H3,(H,17,18). The molecule has 0 spiro atoms. The number of halogens is 1. The summed E-state index contributed by atoms with van der Waals surface area (Å²) in [5.74, 6) is -0.840. The highest BCUT2D eigenvalue weighted by molar-refractivity contribution is 6.33. The van der Waals surface area contributed by atoms with Gasteiger partial charge in [-0.15, -0.1) is 6.58 Å². The predicted molar refractivity (Wildman–Crippen MR) is 78.8 cm³/mol. The van der Waals surface area contributed by atoms with Crippen LogP contribution in [0.2, 0.25) is 5.02 Å². The Morgan fingerprint density at radius 2 is 2.15 bits per heavy atom. The molecule has 0 aliphatic rings. The summed E-state index contributed by atoms with van der Waals surface area (Å²) in [5, 5.41) is 2.99. The topological polar surface area (TPSA) is 55.4 Å². The first-order valence-electron chi connectivity index (χ1n) is 6.43. The first kappa shape index (κ1) is 16.2. The SMILES string of the molecule is C=CCCC(NC(=O)c1ccccc1Cl)C(=O)OCC. The van der Waals surface area contributed by atoms with E-state index >= 15 is 0 Å². The van der Waals surface area contributed by atoms with E-state index < -0.39 is 17.9 Å². The molecule has 0 saturated carbocycles. The average molecular weight is 296 g/mol. The van der Waals surface area contributed by atoms with Crippen molar-refractivity contribution >= 4 is 23.5 Å². The number of ether oxygens (including phenoxy) is 1. The van der Waals surface area contributed by atoms with E-state index in [1.807, 2.05) is 0 Å². The minimum absolute atomic E-state index is 0.269. The van der Waals surface area contributed by atoms with E-state index in [1.165, 1.54) is 0 Å². The molecule has 0 aromatic heterocycles. The van der Waals surface area contributed by atoms with Gasteiger partial charge in [-0.05, 0) is 31.9 Å². The lowest BCUT2D eigenvalue weighted by molar-refractivity contribution is -0.145. The Labute approximate surface area is 123 Å². The number of nitrogens with one attached hydrogen (secondary N) is 1. The molecule has 108 valence electrons. The van der Waals surface area contributed by atoms with Crippen LogP contribution < -0.4 is 5.32 Å². The number of hydrogen-bond acceptors (Lipinski definition) is 3. The molecule has 5 heteroatoms. The van der Waals surface area contributed by atoms with Crippen LogP contribution in [0.5, 0.6) is 0 Å². The van der Waals surface area contributed by atoms with Crippen LogP contribution in [0.1, 0.15) is 30.1 Å². The highest BCUT2D eigenvalue weighted by Gasteiger charge is 2.22. The first-order chi connectivity index (χ1) is 9.60. The lowest BCUT2D eigenvalue weighted by Gasteiger charge is -2.17. The van der Waals surface area contributed by atoms with Gasteiger partial charge in [0.15, 0.2) is 0 Å². The molecule has 0 saturated heterocycles.